The lowest BCUT2D eigenvalue weighted by Crippen LogP contribution is -2.33. The molecule has 6 heteroatoms. The van der Waals surface area contributed by atoms with Crippen LogP contribution in [0.4, 0.5) is 4.39 Å². The van der Waals surface area contributed by atoms with Gasteiger partial charge in [0, 0.05) is 6.54 Å². The maximum atomic E-state index is 13.2. The van der Waals surface area contributed by atoms with Crippen LogP contribution in [0.25, 0.3) is 0 Å². The molecule has 2 N–H and O–H groups in total. The number of hydrogen-bond donors (Lipinski definition) is 2. The highest BCUT2D eigenvalue weighted by molar-refractivity contribution is 6.06. The molecule has 1 fully saturated rings. The van der Waals surface area contributed by atoms with Crippen molar-refractivity contribution in [2.75, 3.05) is 6.54 Å². The smallest absolute Gasteiger partial charge is 0.304 e. The van der Waals surface area contributed by atoms with E-state index in [0.29, 0.717) is 18.5 Å². The van der Waals surface area contributed by atoms with Gasteiger partial charge in [-0.05, 0) is 35.6 Å². The van der Waals surface area contributed by atoms with Crippen molar-refractivity contribution in [3.63, 3.8) is 0 Å². The van der Waals surface area contributed by atoms with E-state index >= 15 is 0 Å². The first-order valence-electron chi connectivity index (χ1n) is 8.78. The molecule has 1 aliphatic heterocycles. The van der Waals surface area contributed by atoms with E-state index in [2.05, 4.69) is 5.32 Å². The van der Waals surface area contributed by atoms with Gasteiger partial charge in [-0.25, -0.2) is 4.39 Å². The molecule has 0 aromatic heterocycles. The molecule has 1 aliphatic rings. The molecule has 3 atom stereocenters. The number of ketones is 1. The summed E-state index contributed by atoms with van der Waals surface area (Å²) in [4.78, 5) is 36.8. The normalized spacial score (nSPS) is 20.1. The summed E-state index contributed by atoms with van der Waals surface area (Å²) in [7, 11) is 0. The van der Waals surface area contributed by atoms with Crippen molar-refractivity contribution in [3.05, 3.63) is 71.5 Å². The van der Waals surface area contributed by atoms with Crippen LogP contribution in [0.3, 0.4) is 0 Å². The van der Waals surface area contributed by atoms with Crippen LogP contribution in [0.15, 0.2) is 54.6 Å². The molecule has 0 bridgehead atoms. The molecule has 1 heterocycles. The molecule has 140 valence electrons. The highest BCUT2D eigenvalue weighted by atomic mass is 19.1. The number of nitrogens with one attached hydrogen (secondary N) is 1. The van der Waals surface area contributed by atoms with Crippen LogP contribution in [-0.4, -0.2) is 29.3 Å². The summed E-state index contributed by atoms with van der Waals surface area (Å²) in [5.74, 6) is -4.58. The summed E-state index contributed by atoms with van der Waals surface area (Å²) in [6.45, 7) is 0.368. The average molecular weight is 369 g/mol. The van der Waals surface area contributed by atoms with Gasteiger partial charge < -0.3 is 10.4 Å². The Morgan fingerprint density at radius 1 is 1.11 bits per heavy atom. The fraction of sp³-hybridized carbons (Fsp3) is 0.286. The van der Waals surface area contributed by atoms with Crippen LogP contribution in [0.1, 0.15) is 23.5 Å². The van der Waals surface area contributed by atoms with E-state index in [-0.39, 0.29) is 11.8 Å². The maximum absolute atomic E-state index is 13.2. The quantitative estimate of drug-likeness (QED) is 0.735. The second kappa shape index (κ2) is 8.12. The van der Waals surface area contributed by atoms with Gasteiger partial charge in [-0.15, -0.1) is 0 Å². The van der Waals surface area contributed by atoms with E-state index in [0.717, 1.165) is 5.56 Å². The Kier molecular flexibility index (Phi) is 5.64. The van der Waals surface area contributed by atoms with Crippen LogP contribution in [-0.2, 0) is 20.8 Å². The van der Waals surface area contributed by atoms with Gasteiger partial charge in [0.25, 0.3) is 0 Å². The van der Waals surface area contributed by atoms with E-state index in [1.165, 1.54) is 24.3 Å². The van der Waals surface area contributed by atoms with Crippen LogP contribution >= 0.6 is 0 Å². The van der Waals surface area contributed by atoms with Crippen molar-refractivity contribution >= 4 is 17.7 Å². The lowest BCUT2D eigenvalue weighted by Gasteiger charge is -2.21. The molecular weight excluding hydrogens is 349 g/mol. The van der Waals surface area contributed by atoms with Crippen molar-refractivity contribution in [2.24, 2.45) is 11.8 Å². The van der Waals surface area contributed by atoms with Crippen LogP contribution in [0.2, 0.25) is 0 Å². The highest BCUT2D eigenvalue weighted by Crippen LogP contribution is 2.31. The Morgan fingerprint density at radius 3 is 2.41 bits per heavy atom. The van der Waals surface area contributed by atoms with Crippen LogP contribution in [0.5, 0.6) is 0 Å². The first-order valence-corrected chi connectivity index (χ1v) is 8.78. The molecule has 0 aliphatic carbocycles. The maximum Gasteiger partial charge on any atom is 0.304 e. The molecule has 2 aromatic rings. The SMILES string of the molecule is O=C(O)C[C@@H](C(=O)[C@@H]1C(=O)NCC1Cc1ccccc1)c1ccc(F)cc1. The van der Waals surface area contributed by atoms with Gasteiger partial charge in [0.05, 0.1) is 12.3 Å². The molecule has 1 amide bonds. The van der Waals surface area contributed by atoms with Gasteiger partial charge in [0.15, 0.2) is 5.78 Å². The molecule has 2 aromatic carbocycles. The zero-order valence-electron chi connectivity index (χ0n) is 14.6. The second-order valence-corrected chi connectivity index (χ2v) is 6.78. The number of carboxylic acid groups (broad SMARTS) is 1. The van der Waals surface area contributed by atoms with E-state index in [9.17, 15) is 23.9 Å². The zero-order valence-corrected chi connectivity index (χ0v) is 14.6. The molecule has 5 nitrogen and oxygen atoms in total. The largest absolute Gasteiger partial charge is 0.481 e. The van der Waals surface area contributed by atoms with Gasteiger partial charge in [-0.3, -0.25) is 14.4 Å². The number of aliphatic carboxylic acids is 1. The molecular formula is C21H20FNO4. The van der Waals surface area contributed by atoms with Gasteiger partial charge in [0.2, 0.25) is 5.91 Å². The number of Topliss-reactive ketones (excluding diaryl/α,β-unsaturated/α-hetero) is 1. The first-order chi connectivity index (χ1) is 13.0. The van der Waals surface area contributed by atoms with E-state index in [1.54, 1.807) is 0 Å². The number of carboxylic acids is 1. The summed E-state index contributed by atoms with van der Waals surface area (Å²) >= 11 is 0. The third-order valence-electron chi connectivity index (χ3n) is 4.93. The molecule has 0 saturated carbocycles. The zero-order chi connectivity index (χ0) is 19.4. The second-order valence-electron chi connectivity index (χ2n) is 6.78. The minimum Gasteiger partial charge on any atom is -0.481 e. The number of benzene rings is 2. The number of carbonyl (C=O) groups is 3. The summed E-state index contributed by atoms with van der Waals surface area (Å²) in [5.41, 5.74) is 1.41. The van der Waals surface area contributed by atoms with Crippen molar-refractivity contribution < 1.29 is 23.9 Å². The predicted molar refractivity (Wildman–Crippen MR) is 96.5 cm³/mol. The Labute approximate surface area is 156 Å². The standard InChI is InChI=1S/C21H20FNO4/c22-16-8-6-14(7-9-16)17(11-18(24)25)20(26)19-15(12-23-21(19)27)10-13-4-2-1-3-5-13/h1-9,15,17,19H,10-12H2,(H,23,27)(H,24,25)/t15?,17-,19-/m1/s1. The van der Waals surface area contributed by atoms with Crippen molar-refractivity contribution in [1.82, 2.24) is 5.32 Å². The monoisotopic (exact) mass is 369 g/mol. The van der Waals surface area contributed by atoms with Crippen molar-refractivity contribution in [2.45, 2.75) is 18.8 Å². The fourth-order valence-corrected chi connectivity index (χ4v) is 3.61. The number of rotatable bonds is 7. The van der Waals surface area contributed by atoms with Crippen molar-refractivity contribution in [1.29, 1.82) is 0 Å². The van der Waals surface area contributed by atoms with Crippen LogP contribution in [0, 0.1) is 17.7 Å². The lowest BCUT2D eigenvalue weighted by molar-refractivity contribution is -0.141. The minimum atomic E-state index is -1.14. The number of halogens is 1. The molecule has 1 saturated heterocycles. The van der Waals surface area contributed by atoms with Gasteiger partial charge >= 0.3 is 5.97 Å². The average Bonchev–Trinajstić information content (AvgIpc) is 3.01. The predicted octanol–water partition coefficient (Wildman–Crippen LogP) is 2.56. The topological polar surface area (TPSA) is 83.5 Å². The summed E-state index contributed by atoms with van der Waals surface area (Å²) < 4.78 is 13.2. The first kappa shape index (κ1) is 18.8. The number of hydrogen-bond acceptors (Lipinski definition) is 3. The van der Waals surface area contributed by atoms with Gasteiger partial charge in [0.1, 0.15) is 11.7 Å². The third-order valence-corrected chi connectivity index (χ3v) is 4.93. The highest BCUT2D eigenvalue weighted by Gasteiger charge is 2.43. The van der Waals surface area contributed by atoms with Gasteiger partial charge in [-0.2, -0.15) is 0 Å². The van der Waals surface area contributed by atoms with E-state index in [4.69, 9.17) is 0 Å². The number of carbonyl (C=O) groups excluding carboxylic acids is 2. The molecule has 3 rings (SSSR count). The molecule has 27 heavy (non-hydrogen) atoms. The molecule has 1 unspecified atom stereocenters. The fourth-order valence-electron chi connectivity index (χ4n) is 3.61. The summed E-state index contributed by atoms with van der Waals surface area (Å²) in [6, 6.07) is 14.7. The van der Waals surface area contributed by atoms with Crippen molar-refractivity contribution in [3.8, 4) is 0 Å². The summed E-state index contributed by atoms with van der Waals surface area (Å²) in [6.07, 6.45) is 0.103. The van der Waals surface area contributed by atoms with Gasteiger partial charge in [-0.1, -0.05) is 42.5 Å². The molecule has 0 spiro atoms. The van der Waals surface area contributed by atoms with E-state index in [1.807, 2.05) is 30.3 Å². The Hall–Kier alpha value is -3.02. The molecule has 0 radical (unpaired) electrons. The number of amides is 1. The summed E-state index contributed by atoms with van der Waals surface area (Å²) in [5, 5.41) is 12.0. The Bertz CT molecular complexity index is 835. The lowest BCUT2D eigenvalue weighted by atomic mass is 9.78. The van der Waals surface area contributed by atoms with E-state index < -0.39 is 35.8 Å². The Morgan fingerprint density at radius 2 is 1.78 bits per heavy atom. The minimum absolute atomic E-state index is 0.246. The Balaban J connectivity index is 1.87. The third kappa shape index (κ3) is 4.39. The van der Waals surface area contributed by atoms with Crippen LogP contribution < -0.4 is 5.32 Å².